The lowest BCUT2D eigenvalue weighted by Crippen LogP contribution is -2.56. The van der Waals surface area contributed by atoms with Gasteiger partial charge in [-0.1, -0.05) is 30.3 Å². The van der Waals surface area contributed by atoms with Gasteiger partial charge in [-0.25, -0.2) is 15.0 Å². The monoisotopic (exact) mass is 321 g/mol. The number of likely N-dealkylation sites (N-methyl/N-ethyl adjacent to an activating group) is 1. The number of nitrogens with zero attached hydrogens (tertiary/aromatic N) is 6. The topological polar surface area (TPSA) is 84.1 Å². The fraction of sp³-hybridized carbons (Fsp3) is 0.294. The fourth-order valence-corrected chi connectivity index (χ4v) is 2.90. The number of hydrogen-bond donors (Lipinski definition) is 1. The summed E-state index contributed by atoms with van der Waals surface area (Å²) < 4.78 is 0. The molecular weight excluding hydrogens is 302 g/mol. The maximum atomic E-state index is 6.21. The van der Waals surface area contributed by atoms with Crippen LogP contribution in [0, 0.1) is 0 Å². The van der Waals surface area contributed by atoms with Gasteiger partial charge in [0.1, 0.15) is 5.52 Å². The van der Waals surface area contributed by atoms with Crippen molar-refractivity contribution < 1.29 is 0 Å². The van der Waals surface area contributed by atoms with Gasteiger partial charge < -0.3 is 15.5 Å². The molecule has 2 aromatic heterocycles. The summed E-state index contributed by atoms with van der Waals surface area (Å²) in [7, 11) is 2.06. The van der Waals surface area contributed by atoms with E-state index in [2.05, 4.69) is 31.9 Å². The van der Waals surface area contributed by atoms with Gasteiger partial charge in [-0.15, -0.1) is 0 Å². The minimum Gasteiger partial charge on any atom is -0.323 e. The van der Waals surface area contributed by atoms with Crippen LogP contribution >= 0.6 is 0 Å². The molecule has 0 spiro atoms. The van der Waals surface area contributed by atoms with Gasteiger partial charge in [0.25, 0.3) is 0 Å². The Hall–Kier alpha value is -2.64. The Bertz CT molecular complexity index is 852. The Kier molecular flexibility index (Phi) is 3.79. The molecule has 1 aliphatic rings. The number of anilines is 1. The number of piperazine rings is 1. The lowest BCUT2D eigenvalue weighted by Gasteiger charge is -2.37. The Morgan fingerprint density at radius 3 is 2.67 bits per heavy atom. The molecule has 7 heteroatoms. The van der Waals surface area contributed by atoms with E-state index >= 15 is 0 Å². The summed E-state index contributed by atoms with van der Waals surface area (Å²) in [5.74, 6) is 0.616. The largest absolute Gasteiger partial charge is 0.323 e. The van der Waals surface area contributed by atoms with Crippen LogP contribution in [0.25, 0.3) is 22.4 Å². The van der Waals surface area contributed by atoms with Gasteiger partial charge in [0.2, 0.25) is 5.95 Å². The molecule has 7 nitrogen and oxygen atoms in total. The number of aromatic nitrogens is 4. The van der Waals surface area contributed by atoms with Crippen LogP contribution in [0.5, 0.6) is 0 Å². The standard InChI is InChI=1S/C17H19N7/c1-23-7-8-24(15(18)11-23)17-20-10-14-16(22-17)19-9-13(21-14)12-5-3-2-4-6-12/h2-6,9-10,15H,7-8,11,18H2,1H3. The van der Waals surface area contributed by atoms with Gasteiger partial charge in [0.15, 0.2) is 5.65 Å². The zero-order chi connectivity index (χ0) is 16.5. The van der Waals surface area contributed by atoms with E-state index in [4.69, 9.17) is 5.73 Å². The highest BCUT2D eigenvalue weighted by Gasteiger charge is 2.24. The molecule has 4 rings (SSSR count). The Labute approximate surface area is 140 Å². The van der Waals surface area contributed by atoms with E-state index in [9.17, 15) is 0 Å². The molecule has 3 aromatic rings. The Balaban J connectivity index is 1.67. The van der Waals surface area contributed by atoms with Crippen molar-refractivity contribution in [1.82, 2.24) is 24.8 Å². The average molecular weight is 321 g/mol. The summed E-state index contributed by atoms with van der Waals surface area (Å²) in [5, 5.41) is 0. The molecule has 3 heterocycles. The van der Waals surface area contributed by atoms with Crippen molar-refractivity contribution in [3.05, 3.63) is 42.7 Å². The highest BCUT2D eigenvalue weighted by molar-refractivity contribution is 5.73. The first-order valence-electron chi connectivity index (χ1n) is 7.97. The number of hydrogen-bond acceptors (Lipinski definition) is 7. The van der Waals surface area contributed by atoms with Crippen molar-refractivity contribution in [1.29, 1.82) is 0 Å². The summed E-state index contributed by atoms with van der Waals surface area (Å²) in [4.78, 5) is 22.3. The van der Waals surface area contributed by atoms with Crippen molar-refractivity contribution in [2.45, 2.75) is 6.17 Å². The van der Waals surface area contributed by atoms with Crippen LogP contribution in [0.15, 0.2) is 42.7 Å². The Morgan fingerprint density at radius 2 is 1.88 bits per heavy atom. The summed E-state index contributed by atoms with van der Waals surface area (Å²) in [6.45, 7) is 2.53. The van der Waals surface area contributed by atoms with E-state index in [0.29, 0.717) is 17.1 Å². The molecule has 1 fully saturated rings. The van der Waals surface area contributed by atoms with Crippen molar-refractivity contribution in [2.24, 2.45) is 5.73 Å². The van der Waals surface area contributed by atoms with Crippen LogP contribution in [-0.4, -0.2) is 57.7 Å². The van der Waals surface area contributed by atoms with Crippen molar-refractivity contribution >= 4 is 17.1 Å². The number of rotatable bonds is 2. The van der Waals surface area contributed by atoms with Gasteiger partial charge in [-0.3, -0.25) is 0 Å². The molecule has 1 aliphatic heterocycles. The van der Waals surface area contributed by atoms with Crippen LogP contribution in [0.3, 0.4) is 0 Å². The summed E-state index contributed by atoms with van der Waals surface area (Å²) >= 11 is 0. The number of benzene rings is 1. The predicted octanol–water partition coefficient (Wildman–Crippen LogP) is 1.12. The first-order valence-corrected chi connectivity index (χ1v) is 7.97. The summed E-state index contributed by atoms with van der Waals surface area (Å²) in [5.41, 5.74) is 9.33. The number of nitrogens with two attached hydrogens (primary N) is 1. The lowest BCUT2D eigenvalue weighted by molar-refractivity contribution is 0.268. The normalized spacial score (nSPS) is 18.9. The van der Waals surface area contributed by atoms with E-state index in [-0.39, 0.29) is 6.17 Å². The third-order valence-electron chi connectivity index (χ3n) is 4.24. The third kappa shape index (κ3) is 2.79. The molecule has 1 atom stereocenters. The van der Waals surface area contributed by atoms with Gasteiger partial charge in [0.05, 0.1) is 24.3 Å². The van der Waals surface area contributed by atoms with Crippen molar-refractivity contribution in [3.8, 4) is 11.3 Å². The van der Waals surface area contributed by atoms with Crippen molar-refractivity contribution in [2.75, 3.05) is 31.6 Å². The first-order chi connectivity index (χ1) is 11.7. The SMILES string of the molecule is CN1CCN(c2ncc3nc(-c4ccccc4)cnc3n2)C(N)C1. The van der Waals surface area contributed by atoms with Crippen LogP contribution in [0.4, 0.5) is 5.95 Å². The Morgan fingerprint density at radius 1 is 1.04 bits per heavy atom. The first kappa shape index (κ1) is 14.9. The quantitative estimate of drug-likeness (QED) is 0.757. The van der Waals surface area contributed by atoms with Crippen LogP contribution in [0.2, 0.25) is 0 Å². The predicted molar refractivity (Wildman–Crippen MR) is 93.4 cm³/mol. The second kappa shape index (κ2) is 6.10. The minimum absolute atomic E-state index is 0.113. The van der Waals surface area contributed by atoms with Gasteiger partial charge in [0, 0.05) is 25.2 Å². The molecule has 122 valence electrons. The zero-order valence-electron chi connectivity index (χ0n) is 13.5. The second-order valence-corrected chi connectivity index (χ2v) is 6.02. The van der Waals surface area contributed by atoms with Crippen molar-refractivity contribution in [3.63, 3.8) is 0 Å². The second-order valence-electron chi connectivity index (χ2n) is 6.02. The molecule has 0 bridgehead atoms. The zero-order valence-corrected chi connectivity index (χ0v) is 13.5. The average Bonchev–Trinajstić information content (AvgIpc) is 2.62. The van der Waals surface area contributed by atoms with E-state index < -0.39 is 0 Å². The number of fused-ring (bicyclic) bond motifs is 1. The molecule has 2 N–H and O–H groups in total. The summed E-state index contributed by atoms with van der Waals surface area (Å²) in [6.07, 6.45) is 3.36. The van der Waals surface area contributed by atoms with E-state index in [1.165, 1.54) is 0 Å². The van der Waals surface area contributed by atoms with Crippen LogP contribution in [0.1, 0.15) is 0 Å². The molecule has 0 amide bonds. The lowest BCUT2D eigenvalue weighted by atomic mass is 10.2. The van der Waals surface area contributed by atoms with Crippen LogP contribution < -0.4 is 10.6 Å². The highest BCUT2D eigenvalue weighted by atomic mass is 15.4. The van der Waals surface area contributed by atoms with E-state index in [1.807, 2.05) is 35.2 Å². The molecule has 0 saturated carbocycles. The molecule has 0 aliphatic carbocycles. The maximum Gasteiger partial charge on any atom is 0.228 e. The molecule has 24 heavy (non-hydrogen) atoms. The minimum atomic E-state index is -0.113. The molecule has 1 aromatic carbocycles. The van der Waals surface area contributed by atoms with Gasteiger partial charge >= 0.3 is 0 Å². The highest BCUT2D eigenvalue weighted by Crippen LogP contribution is 2.20. The molecule has 0 radical (unpaired) electrons. The smallest absolute Gasteiger partial charge is 0.228 e. The summed E-state index contributed by atoms with van der Waals surface area (Å²) in [6, 6.07) is 9.96. The molecular formula is C17H19N7. The van der Waals surface area contributed by atoms with E-state index in [1.54, 1.807) is 12.4 Å². The van der Waals surface area contributed by atoms with Gasteiger partial charge in [-0.05, 0) is 7.05 Å². The maximum absolute atomic E-state index is 6.21. The van der Waals surface area contributed by atoms with Crippen LogP contribution in [-0.2, 0) is 0 Å². The van der Waals surface area contributed by atoms with E-state index in [0.717, 1.165) is 30.9 Å². The molecule has 1 saturated heterocycles. The van der Waals surface area contributed by atoms with Gasteiger partial charge in [-0.2, -0.15) is 4.98 Å². The third-order valence-corrected chi connectivity index (χ3v) is 4.24. The molecule has 1 unspecified atom stereocenters. The fourth-order valence-electron chi connectivity index (χ4n) is 2.90.